The lowest BCUT2D eigenvalue weighted by atomic mass is 9.44. The van der Waals surface area contributed by atoms with Gasteiger partial charge in [0.15, 0.2) is 5.78 Å². The molecule has 8 unspecified atom stereocenters. The number of methoxy groups -OCH3 is 1. The lowest BCUT2D eigenvalue weighted by Gasteiger charge is -2.62. The van der Waals surface area contributed by atoms with Crippen LogP contribution in [0.2, 0.25) is 0 Å². The Morgan fingerprint density at radius 3 is 2.55 bits per heavy atom. The molecule has 33 heavy (non-hydrogen) atoms. The van der Waals surface area contributed by atoms with Crippen LogP contribution in [0.1, 0.15) is 85.5 Å². The van der Waals surface area contributed by atoms with Crippen molar-refractivity contribution in [2.75, 3.05) is 7.11 Å². The van der Waals surface area contributed by atoms with Gasteiger partial charge >= 0.3 is 11.9 Å². The predicted molar refractivity (Wildman–Crippen MR) is 130 cm³/mol. The van der Waals surface area contributed by atoms with Crippen molar-refractivity contribution >= 4 is 33.7 Å². The summed E-state index contributed by atoms with van der Waals surface area (Å²) in [5.74, 6) is 2.54. The number of carbonyl (C=O) groups excluding carboxylic acids is 3. The van der Waals surface area contributed by atoms with Crippen molar-refractivity contribution in [3.63, 3.8) is 0 Å². The quantitative estimate of drug-likeness (QED) is 0.339. The molecule has 0 radical (unpaired) electrons. The first-order valence-electron chi connectivity index (χ1n) is 13.0. The maximum Gasteiger partial charge on any atom is 0.305 e. The Bertz CT molecular complexity index is 797. The monoisotopic (exact) mass is 524 g/mol. The maximum atomic E-state index is 14.1. The van der Waals surface area contributed by atoms with Crippen molar-refractivity contribution in [2.24, 2.45) is 46.3 Å². The Hall–Kier alpha value is -0.910. The number of rotatable bonds is 5. The molecule has 0 amide bonds. The normalized spacial score (nSPS) is 45.4. The predicted octanol–water partition coefficient (Wildman–Crippen LogP) is 5.72. The van der Waals surface area contributed by atoms with Crippen molar-refractivity contribution in [1.82, 2.24) is 0 Å². The molecule has 0 bridgehead atoms. The van der Waals surface area contributed by atoms with Gasteiger partial charge in [0.05, 0.1) is 11.9 Å². The number of halogens is 1. The van der Waals surface area contributed by atoms with Crippen LogP contribution in [0.15, 0.2) is 0 Å². The minimum atomic E-state index is -0.316. The zero-order valence-electron chi connectivity index (χ0n) is 20.9. The smallest absolute Gasteiger partial charge is 0.305 e. The fourth-order valence-corrected chi connectivity index (χ4v) is 10.4. The summed E-state index contributed by atoms with van der Waals surface area (Å²) in [6.45, 7) is 8.37. The van der Waals surface area contributed by atoms with Crippen LogP contribution >= 0.6 is 15.9 Å². The third-order valence-electron chi connectivity index (χ3n) is 10.5. The highest BCUT2D eigenvalue weighted by Crippen LogP contribution is 2.68. The van der Waals surface area contributed by atoms with E-state index >= 15 is 0 Å². The molecule has 0 aromatic carbocycles. The summed E-state index contributed by atoms with van der Waals surface area (Å²) >= 11 is 3.96. The maximum absolute atomic E-state index is 14.1. The van der Waals surface area contributed by atoms with Gasteiger partial charge in [-0.05, 0) is 92.3 Å². The molecule has 4 saturated carbocycles. The van der Waals surface area contributed by atoms with Gasteiger partial charge in [0, 0.05) is 18.8 Å². The number of ether oxygens (including phenoxy) is 2. The average molecular weight is 526 g/mol. The fourth-order valence-electron chi connectivity index (χ4n) is 8.92. The minimum Gasteiger partial charge on any atom is -0.469 e. The lowest BCUT2D eigenvalue weighted by molar-refractivity contribution is -0.165. The van der Waals surface area contributed by atoms with E-state index in [9.17, 15) is 14.4 Å². The molecule has 186 valence electrons. The van der Waals surface area contributed by atoms with E-state index in [-0.39, 0.29) is 33.7 Å². The number of ketones is 1. The van der Waals surface area contributed by atoms with Gasteiger partial charge in [-0.1, -0.05) is 36.7 Å². The average Bonchev–Trinajstić information content (AvgIpc) is 3.13. The topological polar surface area (TPSA) is 69.7 Å². The molecule has 0 heterocycles. The first-order valence-corrected chi connectivity index (χ1v) is 13.9. The molecule has 0 spiro atoms. The van der Waals surface area contributed by atoms with Crippen molar-refractivity contribution in [1.29, 1.82) is 0 Å². The molecule has 0 N–H and O–H groups in total. The summed E-state index contributed by atoms with van der Waals surface area (Å²) in [6.07, 6.45) is 8.62. The van der Waals surface area contributed by atoms with Gasteiger partial charge in [-0.3, -0.25) is 14.4 Å². The highest BCUT2D eigenvalue weighted by atomic mass is 79.9. The second-order valence-electron chi connectivity index (χ2n) is 11.9. The Morgan fingerprint density at radius 1 is 1.15 bits per heavy atom. The molecule has 0 aromatic rings. The summed E-state index contributed by atoms with van der Waals surface area (Å²) in [6, 6.07) is 0. The van der Waals surface area contributed by atoms with Crippen LogP contribution in [0.25, 0.3) is 0 Å². The van der Waals surface area contributed by atoms with E-state index in [0.29, 0.717) is 47.7 Å². The lowest BCUT2D eigenvalue weighted by Crippen LogP contribution is -2.62. The summed E-state index contributed by atoms with van der Waals surface area (Å²) in [5.41, 5.74) is -0.206. The Labute approximate surface area is 207 Å². The minimum absolute atomic E-state index is 0.0296. The van der Waals surface area contributed by atoms with Crippen LogP contribution < -0.4 is 0 Å². The molecular formula is C27H41BrO5. The van der Waals surface area contributed by atoms with E-state index < -0.39 is 0 Å². The molecule has 10 atom stereocenters. The number of fused-ring (bicyclic) bond motifs is 5. The van der Waals surface area contributed by atoms with Crippen LogP contribution in [0, 0.1) is 46.3 Å². The number of hydrogen-bond donors (Lipinski definition) is 0. The van der Waals surface area contributed by atoms with E-state index in [1.807, 2.05) is 0 Å². The van der Waals surface area contributed by atoms with Crippen molar-refractivity contribution in [3.05, 3.63) is 0 Å². The standard InChI is InChI=1S/C27H41BrO5/c1-15(6-11-22(30)32-5)20-9-10-21-19-8-7-17-14-18(33-16(2)29)12-13-26(17,3)23(19)24(28)25(31)27(20,21)4/h15,17-21,23-24H,6-14H2,1-5H3/t15-,17?,18-,19?,20?,21?,23?,24?,26?,27?/m1/s1. The molecule has 4 aliphatic rings. The van der Waals surface area contributed by atoms with Crippen molar-refractivity contribution < 1.29 is 23.9 Å². The SMILES string of the molecule is COC(=O)CC[C@@H](C)C1CCC2C3CCC4C[C@H](OC(C)=O)CCC4(C)C3C(Br)C(=O)C21C. The van der Waals surface area contributed by atoms with Gasteiger partial charge in [0.2, 0.25) is 0 Å². The largest absolute Gasteiger partial charge is 0.469 e. The first kappa shape index (κ1) is 25.2. The summed E-state index contributed by atoms with van der Waals surface area (Å²) in [5, 5.41) is 0. The van der Waals surface area contributed by atoms with Gasteiger partial charge < -0.3 is 9.47 Å². The summed E-state index contributed by atoms with van der Waals surface area (Å²) in [7, 11) is 1.44. The Kier molecular flexibility index (Phi) is 7.08. The van der Waals surface area contributed by atoms with Crippen molar-refractivity contribution in [3.8, 4) is 0 Å². The third kappa shape index (κ3) is 4.10. The van der Waals surface area contributed by atoms with Crippen LogP contribution in [0.4, 0.5) is 0 Å². The van der Waals surface area contributed by atoms with Gasteiger partial charge in [-0.15, -0.1) is 0 Å². The van der Waals surface area contributed by atoms with Crippen LogP contribution in [-0.2, 0) is 23.9 Å². The van der Waals surface area contributed by atoms with Crippen LogP contribution in [0.5, 0.6) is 0 Å². The Balaban J connectivity index is 1.55. The molecule has 0 aromatic heterocycles. The molecule has 4 rings (SSSR count). The highest BCUT2D eigenvalue weighted by molar-refractivity contribution is 9.10. The molecule has 6 heteroatoms. The second kappa shape index (κ2) is 9.28. The number of Topliss-reactive ketones (excluding diaryl/α,β-unsaturated/α-hetero) is 1. The molecule has 0 saturated heterocycles. The van der Waals surface area contributed by atoms with Gasteiger partial charge in [0.25, 0.3) is 0 Å². The molecule has 0 aliphatic heterocycles. The molecular weight excluding hydrogens is 484 g/mol. The van der Waals surface area contributed by atoms with E-state index in [1.165, 1.54) is 20.5 Å². The molecule has 4 fully saturated rings. The fraction of sp³-hybridized carbons (Fsp3) is 0.889. The van der Waals surface area contributed by atoms with E-state index in [4.69, 9.17) is 9.47 Å². The second-order valence-corrected chi connectivity index (χ2v) is 12.9. The third-order valence-corrected chi connectivity index (χ3v) is 11.5. The van der Waals surface area contributed by atoms with E-state index in [0.717, 1.165) is 44.9 Å². The number of alkyl halides is 1. The zero-order valence-corrected chi connectivity index (χ0v) is 22.5. The van der Waals surface area contributed by atoms with Gasteiger partial charge in [-0.2, -0.15) is 0 Å². The van der Waals surface area contributed by atoms with E-state index in [1.54, 1.807) is 0 Å². The van der Waals surface area contributed by atoms with Gasteiger partial charge in [-0.25, -0.2) is 0 Å². The Morgan fingerprint density at radius 2 is 1.88 bits per heavy atom. The number of hydrogen-bond acceptors (Lipinski definition) is 5. The van der Waals surface area contributed by atoms with Crippen LogP contribution in [0.3, 0.4) is 0 Å². The van der Waals surface area contributed by atoms with E-state index in [2.05, 4.69) is 36.7 Å². The van der Waals surface area contributed by atoms with Crippen molar-refractivity contribution in [2.45, 2.75) is 96.4 Å². The highest BCUT2D eigenvalue weighted by Gasteiger charge is 2.66. The molecule has 4 aliphatic carbocycles. The first-order chi connectivity index (χ1) is 15.5. The summed E-state index contributed by atoms with van der Waals surface area (Å²) in [4.78, 5) is 37.2. The van der Waals surface area contributed by atoms with Gasteiger partial charge in [0.1, 0.15) is 6.10 Å². The molecule has 5 nitrogen and oxygen atoms in total. The number of carbonyl (C=O) groups is 3. The van der Waals surface area contributed by atoms with Crippen LogP contribution in [-0.4, -0.2) is 35.8 Å². The number of esters is 2. The zero-order chi connectivity index (χ0) is 24.1. The summed E-state index contributed by atoms with van der Waals surface area (Å²) < 4.78 is 10.4.